The SMILES string of the molecule is Oc1cccc2oc(COc3ccc(F)c(F)c3F)nc12. The molecule has 1 N–H and O–H groups in total. The van der Waals surface area contributed by atoms with E-state index in [1.807, 2.05) is 0 Å². The molecule has 0 aliphatic rings. The minimum atomic E-state index is -1.61. The zero-order valence-electron chi connectivity index (χ0n) is 10.4. The lowest BCUT2D eigenvalue weighted by Crippen LogP contribution is -2.00. The molecule has 0 atom stereocenters. The van der Waals surface area contributed by atoms with Crippen molar-refractivity contribution >= 4 is 11.1 Å². The summed E-state index contributed by atoms with van der Waals surface area (Å²) in [6.45, 7) is -0.296. The number of phenolic OH excluding ortho intramolecular Hbond substituents is 1. The molecule has 3 rings (SSSR count). The van der Waals surface area contributed by atoms with Crippen molar-refractivity contribution < 1.29 is 27.4 Å². The molecule has 0 unspecified atom stereocenters. The second-order valence-corrected chi connectivity index (χ2v) is 4.19. The van der Waals surface area contributed by atoms with Crippen molar-refractivity contribution in [1.29, 1.82) is 0 Å². The molecule has 0 saturated carbocycles. The first-order valence-corrected chi connectivity index (χ1v) is 5.90. The van der Waals surface area contributed by atoms with Crippen LogP contribution in [0.1, 0.15) is 5.89 Å². The highest BCUT2D eigenvalue weighted by Gasteiger charge is 2.16. The summed E-state index contributed by atoms with van der Waals surface area (Å²) < 4.78 is 49.5. The largest absolute Gasteiger partial charge is 0.506 e. The van der Waals surface area contributed by atoms with Gasteiger partial charge in [0.15, 0.2) is 35.1 Å². The monoisotopic (exact) mass is 295 g/mol. The van der Waals surface area contributed by atoms with Gasteiger partial charge in [0.05, 0.1) is 0 Å². The summed E-state index contributed by atoms with van der Waals surface area (Å²) in [6, 6.07) is 6.32. The van der Waals surface area contributed by atoms with Gasteiger partial charge in [-0.15, -0.1) is 0 Å². The van der Waals surface area contributed by atoms with Gasteiger partial charge in [0.25, 0.3) is 0 Å². The van der Waals surface area contributed by atoms with Crippen molar-refractivity contribution in [3.8, 4) is 11.5 Å². The molecule has 21 heavy (non-hydrogen) atoms. The maximum absolute atomic E-state index is 13.4. The van der Waals surface area contributed by atoms with Crippen LogP contribution in [0.4, 0.5) is 13.2 Å². The standard InChI is InChI=1S/C14H8F3NO3/c15-7-4-5-9(13(17)12(7)16)20-6-11-18-14-8(19)2-1-3-10(14)21-11/h1-5,19H,6H2. The van der Waals surface area contributed by atoms with Gasteiger partial charge in [0.1, 0.15) is 5.75 Å². The number of oxazole rings is 1. The average molecular weight is 295 g/mol. The first-order chi connectivity index (χ1) is 10.1. The maximum atomic E-state index is 13.4. The number of benzene rings is 2. The summed E-state index contributed by atoms with van der Waals surface area (Å²) in [5.41, 5.74) is 0.571. The zero-order chi connectivity index (χ0) is 15.0. The van der Waals surface area contributed by atoms with Crippen LogP contribution in [0.5, 0.6) is 11.5 Å². The fourth-order valence-corrected chi connectivity index (χ4v) is 1.80. The molecule has 0 aliphatic carbocycles. The normalized spacial score (nSPS) is 11.0. The Balaban J connectivity index is 1.84. The summed E-state index contributed by atoms with van der Waals surface area (Å²) in [6.07, 6.45) is 0. The number of rotatable bonds is 3. The Labute approximate surface area is 116 Å². The summed E-state index contributed by atoms with van der Waals surface area (Å²) in [5, 5.41) is 9.57. The number of hydrogen-bond donors (Lipinski definition) is 1. The third-order valence-corrected chi connectivity index (χ3v) is 2.79. The van der Waals surface area contributed by atoms with Crippen LogP contribution in [0.15, 0.2) is 34.7 Å². The van der Waals surface area contributed by atoms with Crippen molar-refractivity contribution in [3.05, 3.63) is 53.7 Å². The van der Waals surface area contributed by atoms with Gasteiger partial charge in [0.2, 0.25) is 11.7 Å². The minimum absolute atomic E-state index is 0.0654. The Morgan fingerprint density at radius 1 is 1.10 bits per heavy atom. The minimum Gasteiger partial charge on any atom is -0.506 e. The number of aromatic hydroxyl groups is 1. The predicted molar refractivity (Wildman–Crippen MR) is 66.3 cm³/mol. The van der Waals surface area contributed by atoms with E-state index in [1.54, 1.807) is 12.1 Å². The molecule has 108 valence electrons. The van der Waals surface area contributed by atoms with E-state index in [2.05, 4.69) is 4.98 Å². The number of aromatic nitrogens is 1. The average Bonchev–Trinajstić information content (AvgIpc) is 2.89. The molecule has 7 heteroatoms. The molecule has 0 aliphatic heterocycles. The number of nitrogens with zero attached hydrogens (tertiary/aromatic N) is 1. The van der Waals surface area contributed by atoms with E-state index in [9.17, 15) is 18.3 Å². The quantitative estimate of drug-likeness (QED) is 0.751. The highest BCUT2D eigenvalue weighted by Crippen LogP contribution is 2.26. The van der Waals surface area contributed by atoms with Crippen molar-refractivity contribution in [3.63, 3.8) is 0 Å². The lowest BCUT2D eigenvalue weighted by atomic mass is 10.3. The van der Waals surface area contributed by atoms with Crippen LogP contribution < -0.4 is 4.74 Å². The van der Waals surface area contributed by atoms with E-state index in [0.29, 0.717) is 5.58 Å². The second kappa shape index (κ2) is 5.01. The number of phenols is 1. The maximum Gasteiger partial charge on any atom is 0.233 e. The Morgan fingerprint density at radius 3 is 2.67 bits per heavy atom. The fourth-order valence-electron chi connectivity index (χ4n) is 1.80. The van der Waals surface area contributed by atoms with Gasteiger partial charge in [-0.2, -0.15) is 4.39 Å². The molecule has 1 heterocycles. The number of hydrogen-bond acceptors (Lipinski definition) is 4. The first-order valence-electron chi connectivity index (χ1n) is 5.90. The molecular formula is C14H8F3NO3. The number of para-hydroxylation sites is 1. The molecule has 0 fully saturated rings. The van der Waals surface area contributed by atoms with Gasteiger partial charge in [0, 0.05) is 0 Å². The van der Waals surface area contributed by atoms with Gasteiger partial charge >= 0.3 is 0 Å². The third-order valence-electron chi connectivity index (χ3n) is 2.79. The molecular weight excluding hydrogens is 287 g/mol. The van der Waals surface area contributed by atoms with Crippen LogP contribution in [-0.4, -0.2) is 10.1 Å². The van der Waals surface area contributed by atoms with Crippen LogP contribution in [0.3, 0.4) is 0 Å². The van der Waals surface area contributed by atoms with E-state index in [4.69, 9.17) is 9.15 Å². The summed E-state index contributed by atoms with van der Waals surface area (Å²) in [4.78, 5) is 3.97. The van der Waals surface area contributed by atoms with Crippen LogP contribution >= 0.6 is 0 Å². The summed E-state index contributed by atoms with van der Waals surface area (Å²) in [7, 11) is 0. The molecule has 1 aromatic heterocycles. The van der Waals surface area contributed by atoms with Crippen LogP contribution in [-0.2, 0) is 6.61 Å². The molecule has 2 aromatic carbocycles. The number of halogens is 3. The molecule has 3 aromatic rings. The second-order valence-electron chi connectivity index (χ2n) is 4.19. The van der Waals surface area contributed by atoms with E-state index in [1.165, 1.54) is 6.07 Å². The fraction of sp³-hybridized carbons (Fsp3) is 0.0714. The molecule has 0 amide bonds. The van der Waals surface area contributed by atoms with E-state index < -0.39 is 23.2 Å². The Hall–Kier alpha value is -2.70. The summed E-state index contributed by atoms with van der Waals surface area (Å²) >= 11 is 0. The van der Waals surface area contributed by atoms with Crippen LogP contribution in [0.25, 0.3) is 11.1 Å². The topological polar surface area (TPSA) is 55.5 Å². The predicted octanol–water partition coefficient (Wildman–Crippen LogP) is 3.53. The highest BCUT2D eigenvalue weighted by molar-refractivity contribution is 5.79. The lowest BCUT2D eigenvalue weighted by molar-refractivity contribution is 0.250. The lowest BCUT2D eigenvalue weighted by Gasteiger charge is -2.05. The zero-order valence-corrected chi connectivity index (χ0v) is 10.4. The van der Waals surface area contributed by atoms with Crippen molar-refractivity contribution in [2.24, 2.45) is 0 Å². The van der Waals surface area contributed by atoms with Crippen molar-refractivity contribution in [2.45, 2.75) is 6.61 Å². The molecule has 4 nitrogen and oxygen atoms in total. The van der Waals surface area contributed by atoms with Gasteiger partial charge in [-0.3, -0.25) is 0 Å². The summed E-state index contributed by atoms with van der Waals surface area (Å²) in [5.74, 6) is -4.79. The smallest absolute Gasteiger partial charge is 0.233 e. The van der Waals surface area contributed by atoms with E-state index in [0.717, 1.165) is 12.1 Å². The first kappa shape index (κ1) is 13.3. The van der Waals surface area contributed by atoms with Gasteiger partial charge in [-0.1, -0.05) is 6.07 Å². The Morgan fingerprint density at radius 2 is 1.90 bits per heavy atom. The van der Waals surface area contributed by atoms with Crippen molar-refractivity contribution in [2.75, 3.05) is 0 Å². The van der Waals surface area contributed by atoms with Crippen LogP contribution in [0.2, 0.25) is 0 Å². The van der Waals surface area contributed by atoms with E-state index in [-0.39, 0.29) is 23.8 Å². The number of ether oxygens (including phenoxy) is 1. The Kier molecular flexibility index (Phi) is 3.17. The van der Waals surface area contributed by atoms with Gasteiger partial charge in [-0.25, -0.2) is 13.8 Å². The molecule has 0 spiro atoms. The molecule has 0 bridgehead atoms. The van der Waals surface area contributed by atoms with Gasteiger partial charge in [-0.05, 0) is 24.3 Å². The van der Waals surface area contributed by atoms with Crippen molar-refractivity contribution in [1.82, 2.24) is 4.98 Å². The number of fused-ring (bicyclic) bond motifs is 1. The van der Waals surface area contributed by atoms with Crippen LogP contribution in [0, 0.1) is 17.5 Å². The third kappa shape index (κ3) is 2.37. The highest BCUT2D eigenvalue weighted by atomic mass is 19.2. The molecule has 0 saturated heterocycles. The van der Waals surface area contributed by atoms with E-state index >= 15 is 0 Å². The van der Waals surface area contributed by atoms with Gasteiger partial charge < -0.3 is 14.3 Å². The Bertz CT molecular complexity index is 817. The molecule has 0 radical (unpaired) electrons.